The molecule has 4 nitrogen and oxygen atoms in total. The smallest absolute Gasteiger partial charge is 0.165 e. The molecule has 5 heteroatoms. The number of halogens is 1. The van der Waals surface area contributed by atoms with Crippen LogP contribution in [0.3, 0.4) is 0 Å². The van der Waals surface area contributed by atoms with E-state index in [4.69, 9.17) is 10.5 Å². The van der Waals surface area contributed by atoms with Crippen molar-refractivity contribution in [3.05, 3.63) is 42.0 Å². The molecule has 1 heterocycles. The van der Waals surface area contributed by atoms with Crippen LogP contribution >= 0.6 is 0 Å². The topological polar surface area (TPSA) is 53.1 Å². The standard InChI is InChI=1S/C11H12FN3O/c1-15-7-8(6-14-15)16-11-4-2-3-10(12)9(11)5-13/h2-4,6-7H,5,13H2,1H3. The van der Waals surface area contributed by atoms with E-state index in [-0.39, 0.29) is 12.4 Å². The number of rotatable bonds is 3. The fourth-order valence-corrected chi connectivity index (χ4v) is 1.41. The number of nitrogens with two attached hydrogens (primary N) is 1. The molecule has 0 aliphatic heterocycles. The summed E-state index contributed by atoms with van der Waals surface area (Å²) < 4.78 is 20.5. The molecule has 0 aliphatic carbocycles. The van der Waals surface area contributed by atoms with E-state index >= 15 is 0 Å². The van der Waals surface area contributed by atoms with Gasteiger partial charge >= 0.3 is 0 Å². The molecular formula is C11H12FN3O. The number of aryl methyl sites for hydroxylation is 1. The highest BCUT2D eigenvalue weighted by molar-refractivity contribution is 5.37. The minimum atomic E-state index is -0.358. The Balaban J connectivity index is 2.30. The maximum Gasteiger partial charge on any atom is 0.165 e. The van der Waals surface area contributed by atoms with E-state index in [0.29, 0.717) is 17.1 Å². The zero-order valence-corrected chi connectivity index (χ0v) is 8.85. The van der Waals surface area contributed by atoms with Crippen molar-refractivity contribution in [2.45, 2.75) is 6.54 Å². The van der Waals surface area contributed by atoms with Crippen molar-refractivity contribution in [3.63, 3.8) is 0 Å². The Hall–Kier alpha value is -1.88. The number of ether oxygens (including phenoxy) is 1. The first-order valence-corrected chi connectivity index (χ1v) is 4.84. The number of aromatic nitrogens is 2. The van der Waals surface area contributed by atoms with Gasteiger partial charge in [0.15, 0.2) is 5.75 Å². The molecule has 2 rings (SSSR count). The SMILES string of the molecule is Cn1cc(Oc2cccc(F)c2CN)cn1. The van der Waals surface area contributed by atoms with Crippen molar-refractivity contribution in [2.75, 3.05) is 0 Å². The fourth-order valence-electron chi connectivity index (χ4n) is 1.41. The molecule has 0 radical (unpaired) electrons. The summed E-state index contributed by atoms with van der Waals surface area (Å²) in [6.07, 6.45) is 3.26. The quantitative estimate of drug-likeness (QED) is 0.860. The van der Waals surface area contributed by atoms with Crippen LogP contribution in [-0.4, -0.2) is 9.78 Å². The minimum absolute atomic E-state index is 0.0995. The number of benzene rings is 1. The van der Waals surface area contributed by atoms with Crippen LogP contribution < -0.4 is 10.5 Å². The third kappa shape index (κ3) is 2.04. The molecule has 1 aromatic heterocycles. The van der Waals surface area contributed by atoms with Crippen LogP contribution in [0.2, 0.25) is 0 Å². The van der Waals surface area contributed by atoms with Gasteiger partial charge in [0.05, 0.1) is 12.4 Å². The first-order valence-electron chi connectivity index (χ1n) is 4.84. The van der Waals surface area contributed by atoms with Gasteiger partial charge in [0, 0.05) is 19.2 Å². The fraction of sp³-hybridized carbons (Fsp3) is 0.182. The van der Waals surface area contributed by atoms with E-state index in [0.717, 1.165) is 0 Å². The van der Waals surface area contributed by atoms with Gasteiger partial charge in [0.25, 0.3) is 0 Å². The van der Waals surface area contributed by atoms with Crippen LogP contribution in [0.1, 0.15) is 5.56 Å². The van der Waals surface area contributed by atoms with Gasteiger partial charge in [-0.15, -0.1) is 0 Å². The summed E-state index contributed by atoms with van der Waals surface area (Å²) in [7, 11) is 1.78. The molecule has 0 atom stereocenters. The summed E-state index contributed by atoms with van der Waals surface area (Å²) in [6.45, 7) is 0.0995. The molecule has 84 valence electrons. The van der Waals surface area contributed by atoms with Gasteiger partial charge in [-0.3, -0.25) is 4.68 Å². The average molecular weight is 221 g/mol. The minimum Gasteiger partial charge on any atom is -0.454 e. The highest BCUT2D eigenvalue weighted by atomic mass is 19.1. The molecular weight excluding hydrogens is 209 g/mol. The first kappa shape index (κ1) is 10.6. The van der Waals surface area contributed by atoms with Gasteiger partial charge in [-0.1, -0.05) is 6.07 Å². The summed E-state index contributed by atoms with van der Waals surface area (Å²) >= 11 is 0. The van der Waals surface area contributed by atoms with Gasteiger partial charge in [-0.25, -0.2) is 4.39 Å². The van der Waals surface area contributed by atoms with Crippen molar-refractivity contribution in [3.8, 4) is 11.5 Å². The summed E-state index contributed by atoms with van der Waals surface area (Å²) in [5, 5.41) is 3.96. The Kier molecular flexibility index (Phi) is 2.87. The van der Waals surface area contributed by atoms with Crippen LogP contribution in [0.4, 0.5) is 4.39 Å². The molecule has 1 aromatic carbocycles. The van der Waals surface area contributed by atoms with Crippen molar-refractivity contribution in [2.24, 2.45) is 12.8 Å². The zero-order chi connectivity index (χ0) is 11.5. The van der Waals surface area contributed by atoms with Crippen LogP contribution in [0, 0.1) is 5.82 Å². The van der Waals surface area contributed by atoms with Gasteiger partial charge < -0.3 is 10.5 Å². The molecule has 16 heavy (non-hydrogen) atoms. The molecule has 2 N–H and O–H groups in total. The third-order valence-electron chi connectivity index (χ3n) is 2.19. The second-order valence-electron chi connectivity index (χ2n) is 3.37. The highest BCUT2D eigenvalue weighted by Gasteiger charge is 2.09. The zero-order valence-electron chi connectivity index (χ0n) is 8.85. The summed E-state index contributed by atoms with van der Waals surface area (Å²) in [6, 6.07) is 4.62. The van der Waals surface area contributed by atoms with Gasteiger partial charge in [0.2, 0.25) is 0 Å². The van der Waals surface area contributed by atoms with Crippen molar-refractivity contribution in [1.29, 1.82) is 0 Å². The first-order chi connectivity index (χ1) is 7.70. The van der Waals surface area contributed by atoms with E-state index < -0.39 is 0 Å². The van der Waals surface area contributed by atoms with Crippen molar-refractivity contribution < 1.29 is 9.13 Å². The molecule has 0 spiro atoms. The van der Waals surface area contributed by atoms with E-state index in [9.17, 15) is 4.39 Å². The summed E-state index contributed by atoms with van der Waals surface area (Å²) in [4.78, 5) is 0. The van der Waals surface area contributed by atoms with Gasteiger partial charge in [-0.05, 0) is 12.1 Å². The van der Waals surface area contributed by atoms with E-state index in [1.54, 1.807) is 36.3 Å². The lowest BCUT2D eigenvalue weighted by atomic mass is 10.2. The number of hydrogen-bond donors (Lipinski definition) is 1. The van der Waals surface area contributed by atoms with Crippen LogP contribution in [0.25, 0.3) is 0 Å². The molecule has 2 aromatic rings. The van der Waals surface area contributed by atoms with Crippen LogP contribution in [0.5, 0.6) is 11.5 Å². The van der Waals surface area contributed by atoms with Crippen LogP contribution in [0.15, 0.2) is 30.6 Å². The summed E-state index contributed by atoms with van der Waals surface area (Å²) in [5.41, 5.74) is 5.84. The highest BCUT2D eigenvalue weighted by Crippen LogP contribution is 2.26. The number of nitrogens with zero attached hydrogens (tertiary/aromatic N) is 2. The Bertz CT molecular complexity index is 496. The second kappa shape index (κ2) is 4.32. The molecule has 0 unspecified atom stereocenters. The molecule has 0 amide bonds. The Morgan fingerprint density at radius 2 is 2.31 bits per heavy atom. The lowest BCUT2D eigenvalue weighted by molar-refractivity contribution is 0.467. The molecule has 0 aliphatic rings. The Morgan fingerprint density at radius 1 is 1.50 bits per heavy atom. The molecule has 0 saturated carbocycles. The van der Waals surface area contributed by atoms with Gasteiger partial charge in [0.1, 0.15) is 11.6 Å². The van der Waals surface area contributed by atoms with Crippen molar-refractivity contribution >= 4 is 0 Å². The van der Waals surface area contributed by atoms with Crippen LogP contribution in [-0.2, 0) is 13.6 Å². The predicted molar refractivity (Wildman–Crippen MR) is 57.6 cm³/mol. The normalized spacial score (nSPS) is 10.4. The number of hydrogen-bond acceptors (Lipinski definition) is 3. The molecule has 0 fully saturated rings. The maximum atomic E-state index is 13.4. The maximum absolute atomic E-state index is 13.4. The predicted octanol–water partition coefficient (Wildman–Crippen LogP) is 1.81. The van der Waals surface area contributed by atoms with Gasteiger partial charge in [-0.2, -0.15) is 5.10 Å². The molecule has 0 bridgehead atoms. The Morgan fingerprint density at radius 3 is 2.94 bits per heavy atom. The van der Waals surface area contributed by atoms with E-state index in [2.05, 4.69) is 5.10 Å². The second-order valence-corrected chi connectivity index (χ2v) is 3.37. The lowest BCUT2D eigenvalue weighted by Crippen LogP contribution is -2.02. The average Bonchev–Trinajstić information content (AvgIpc) is 2.64. The lowest BCUT2D eigenvalue weighted by Gasteiger charge is -2.08. The Labute approximate surface area is 92.4 Å². The van der Waals surface area contributed by atoms with Crippen molar-refractivity contribution in [1.82, 2.24) is 9.78 Å². The largest absolute Gasteiger partial charge is 0.454 e. The third-order valence-corrected chi connectivity index (χ3v) is 2.19. The van der Waals surface area contributed by atoms with E-state index in [1.165, 1.54) is 6.07 Å². The summed E-state index contributed by atoms with van der Waals surface area (Å²) in [5.74, 6) is 0.627. The monoisotopic (exact) mass is 221 g/mol. The molecule has 0 saturated heterocycles. The van der Waals surface area contributed by atoms with E-state index in [1.807, 2.05) is 0 Å².